The standard InChI is InChI=1S/C13H9BrO2S/c14-10-7-12(17-8-10)4-5-13(16)9-2-1-3-11(15)6-9/h1-8,15H. The molecule has 1 heterocycles. The Morgan fingerprint density at radius 3 is 2.82 bits per heavy atom. The van der Waals surface area contributed by atoms with Gasteiger partial charge in [-0.05, 0) is 46.3 Å². The Morgan fingerprint density at radius 2 is 2.18 bits per heavy atom. The van der Waals surface area contributed by atoms with Gasteiger partial charge in [0.2, 0.25) is 0 Å². The normalized spacial score (nSPS) is 10.9. The van der Waals surface area contributed by atoms with Crippen LogP contribution in [0.3, 0.4) is 0 Å². The van der Waals surface area contributed by atoms with E-state index in [1.807, 2.05) is 11.4 Å². The zero-order valence-corrected chi connectivity index (χ0v) is 11.2. The maximum atomic E-state index is 11.8. The van der Waals surface area contributed by atoms with Gasteiger partial charge in [0.25, 0.3) is 0 Å². The highest BCUT2D eigenvalue weighted by molar-refractivity contribution is 9.10. The number of carbonyl (C=O) groups is 1. The monoisotopic (exact) mass is 308 g/mol. The van der Waals surface area contributed by atoms with E-state index >= 15 is 0 Å². The second-order valence-corrected chi connectivity index (χ2v) is 5.27. The number of ketones is 1. The predicted molar refractivity (Wildman–Crippen MR) is 73.5 cm³/mol. The van der Waals surface area contributed by atoms with E-state index in [9.17, 15) is 9.90 Å². The van der Waals surface area contributed by atoms with Crippen LogP contribution >= 0.6 is 27.3 Å². The first-order chi connectivity index (χ1) is 8.15. The Labute approximate surface area is 111 Å². The Kier molecular flexibility index (Phi) is 3.76. The van der Waals surface area contributed by atoms with Crippen LogP contribution in [0, 0.1) is 0 Å². The highest BCUT2D eigenvalue weighted by atomic mass is 79.9. The van der Waals surface area contributed by atoms with Crippen LogP contribution < -0.4 is 0 Å². The molecule has 0 saturated carbocycles. The number of aromatic hydroxyl groups is 1. The quantitative estimate of drug-likeness (QED) is 0.684. The summed E-state index contributed by atoms with van der Waals surface area (Å²) in [6.45, 7) is 0. The van der Waals surface area contributed by atoms with Gasteiger partial charge in [-0.15, -0.1) is 11.3 Å². The van der Waals surface area contributed by atoms with Crippen LogP contribution in [0.1, 0.15) is 15.2 Å². The van der Waals surface area contributed by atoms with Crippen LogP contribution in [-0.2, 0) is 0 Å². The summed E-state index contributed by atoms with van der Waals surface area (Å²) in [6.07, 6.45) is 3.27. The lowest BCUT2D eigenvalue weighted by atomic mass is 10.1. The molecule has 2 aromatic rings. The number of allylic oxidation sites excluding steroid dienone is 1. The van der Waals surface area contributed by atoms with Crippen LogP contribution in [0.2, 0.25) is 0 Å². The van der Waals surface area contributed by atoms with Crippen molar-refractivity contribution in [3.63, 3.8) is 0 Å². The number of rotatable bonds is 3. The second kappa shape index (κ2) is 5.29. The van der Waals surface area contributed by atoms with Gasteiger partial charge in [0.15, 0.2) is 5.78 Å². The fourth-order valence-electron chi connectivity index (χ4n) is 1.33. The number of phenols is 1. The highest BCUT2D eigenvalue weighted by Crippen LogP contribution is 2.21. The lowest BCUT2D eigenvalue weighted by Crippen LogP contribution is -1.92. The van der Waals surface area contributed by atoms with Crippen molar-refractivity contribution in [2.75, 3.05) is 0 Å². The molecule has 2 nitrogen and oxygen atoms in total. The molecule has 0 aliphatic carbocycles. The van der Waals surface area contributed by atoms with E-state index in [-0.39, 0.29) is 11.5 Å². The summed E-state index contributed by atoms with van der Waals surface area (Å²) in [7, 11) is 0. The Hall–Kier alpha value is -1.39. The highest BCUT2D eigenvalue weighted by Gasteiger charge is 2.02. The lowest BCUT2D eigenvalue weighted by Gasteiger charge is -1.96. The molecule has 86 valence electrons. The van der Waals surface area contributed by atoms with Crippen LogP contribution in [0.5, 0.6) is 5.75 Å². The van der Waals surface area contributed by atoms with Gasteiger partial charge < -0.3 is 5.11 Å². The van der Waals surface area contributed by atoms with Crippen molar-refractivity contribution < 1.29 is 9.90 Å². The lowest BCUT2D eigenvalue weighted by molar-refractivity contribution is 0.104. The van der Waals surface area contributed by atoms with Gasteiger partial charge in [0, 0.05) is 20.3 Å². The van der Waals surface area contributed by atoms with E-state index in [1.54, 1.807) is 29.5 Å². The Morgan fingerprint density at radius 1 is 1.35 bits per heavy atom. The molecule has 0 fully saturated rings. The minimum absolute atomic E-state index is 0.100. The molecular formula is C13H9BrO2S. The molecule has 0 unspecified atom stereocenters. The van der Waals surface area contributed by atoms with E-state index in [0.717, 1.165) is 9.35 Å². The molecule has 2 rings (SSSR count). The van der Waals surface area contributed by atoms with E-state index in [1.165, 1.54) is 18.2 Å². The van der Waals surface area contributed by atoms with Gasteiger partial charge >= 0.3 is 0 Å². The number of hydrogen-bond acceptors (Lipinski definition) is 3. The zero-order chi connectivity index (χ0) is 12.3. The maximum absolute atomic E-state index is 11.8. The van der Waals surface area contributed by atoms with Crippen molar-refractivity contribution in [2.45, 2.75) is 0 Å². The summed E-state index contributed by atoms with van der Waals surface area (Å²) in [5.74, 6) is -0.0199. The summed E-state index contributed by atoms with van der Waals surface area (Å²) >= 11 is 4.91. The molecule has 4 heteroatoms. The second-order valence-electron chi connectivity index (χ2n) is 3.42. The topological polar surface area (TPSA) is 37.3 Å². The molecule has 0 saturated heterocycles. The number of hydrogen-bond donors (Lipinski definition) is 1. The molecule has 0 atom stereocenters. The fourth-order valence-corrected chi connectivity index (χ4v) is 2.67. The average molecular weight is 309 g/mol. The molecule has 17 heavy (non-hydrogen) atoms. The smallest absolute Gasteiger partial charge is 0.186 e. The van der Waals surface area contributed by atoms with E-state index in [2.05, 4.69) is 15.9 Å². The van der Waals surface area contributed by atoms with E-state index in [0.29, 0.717) is 5.56 Å². The van der Waals surface area contributed by atoms with Gasteiger partial charge in [-0.1, -0.05) is 12.1 Å². The number of thiophene rings is 1. The van der Waals surface area contributed by atoms with Crippen LogP contribution in [0.25, 0.3) is 6.08 Å². The first-order valence-corrected chi connectivity index (χ1v) is 6.58. The third-order valence-electron chi connectivity index (χ3n) is 2.12. The van der Waals surface area contributed by atoms with Crippen LogP contribution in [0.15, 0.2) is 46.3 Å². The molecule has 0 spiro atoms. The molecule has 0 radical (unpaired) electrons. The molecule has 1 aromatic heterocycles. The number of benzene rings is 1. The molecule has 0 amide bonds. The third-order valence-corrected chi connectivity index (χ3v) is 3.78. The van der Waals surface area contributed by atoms with Gasteiger partial charge in [0.05, 0.1) is 0 Å². The first kappa shape index (κ1) is 12.1. The minimum Gasteiger partial charge on any atom is -0.508 e. The van der Waals surface area contributed by atoms with Crippen molar-refractivity contribution in [2.24, 2.45) is 0 Å². The summed E-state index contributed by atoms with van der Waals surface area (Å²) < 4.78 is 1.01. The molecular weight excluding hydrogens is 300 g/mol. The SMILES string of the molecule is O=C(C=Cc1cc(Br)cs1)c1cccc(O)c1. The summed E-state index contributed by atoms with van der Waals surface area (Å²) in [4.78, 5) is 12.8. The van der Waals surface area contributed by atoms with Crippen molar-refractivity contribution in [3.8, 4) is 5.75 Å². The van der Waals surface area contributed by atoms with Crippen LogP contribution in [-0.4, -0.2) is 10.9 Å². The Balaban J connectivity index is 2.14. The van der Waals surface area contributed by atoms with Gasteiger partial charge in [-0.25, -0.2) is 0 Å². The molecule has 0 aliphatic rings. The van der Waals surface area contributed by atoms with Crippen LogP contribution in [0.4, 0.5) is 0 Å². The van der Waals surface area contributed by atoms with E-state index in [4.69, 9.17) is 0 Å². The molecule has 1 aromatic carbocycles. The molecule has 1 N–H and O–H groups in total. The van der Waals surface area contributed by atoms with Crippen molar-refractivity contribution >= 4 is 39.1 Å². The van der Waals surface area contributed by atoms with Gasteiger partial charge in [0.1, 0.15) is 5.75 Å². The zero-order valence-electron chi connectivity index (χ0n) is 8.76. The maximum Gasteiger partial charge on any atom is 0.186 e. The number of carbonyl (C=O) groups excluding carboxylic acids is 1. The van der Waals surface area contributed by atoms with Crippen molar-refractivity contribution in [1.29, 1.82) is 0 Å². The summed E-state index contributed by atoms with van der Waals surface area (Å²) in [5.41, 5.74) is 0.483. The predicted octanol–water partition coefficient (Wildman–Crippen LogP) is 4.11. The van der Waals surface area contributed by atoms with Gasteiger partial charge in [-0.2, -0.15) is 0 Å². The van der Waals surface area contributed by atoms with Crippen molar-refractivity contribution in [3.05, 3.63) is 56.7 Å². The van der Waals surface area contributed by atoms with Crippen molar-refractivity contribution in [1.82, 2.24) is 0 Å². The van der Waals surface area contributed by atoms with Gasteiger partial charge in [-0.3, -0.25) is 4.79 Å². The average Bonchev–Trinajstić information content (AvgIpc) is 2.72. The number of phenolic OH excluding ortho intramolecular Hbond substituents is 1. The minimum atomic E-state index is -0.120. The third kappa shape index (κ3) is 3.28. The largest absolute Gasteiger partial charge is 0.508 e. The molecule has 0 bridgehead atoms. The summed E-state index contributed by atoms with van der Waals surface area (Å²) in [5, 5.41) is 11.2. The first-order valence-electron chi connectivity index (χ1n) is 4.90. The van der Waals surface area contributed by atoms with E-state index < -0.39 is 0 Å². The fraction of sp³-hybridized carbons (Fsp3) is 0. The molecule has 0 aliphatic heterocycles. The summed E-state index contributed by atoms with van der Waals surface area (Å²) in [6, 6.07) is 8.26. The Bertz CT molecular complexity index is 572. The number of halogens is 1.